The lowest BCUT2D eigenvalue weighted by Gasteiger charge is -2.36. The second kappa shape index (κ2) is 10.0. The quantitative estimate of drug-likeness (QED) is 0.417. The van der Waals surface area contributed by atoms with E-state index in [1.807, 2.05) is 60.8 Å². The lowest BCUT2D eigenvalue weighted by Crippen LogP contribution is -2.36. The number of rotatable bonds is 6. The Morgan fingerprint density at radius 2 is 1.89 bits per heavy atom. The minimum absolute atomic E-state index is 0.0350. The van der Waals surface area contributed by atoms with Crippen LogP contribution in [0.1, 0.15) is 47.6 Å². The van der Waals surface area contributed by atoms with Crippen LogP contribution in [0.3, 0.4) is 0 Å². The van der Waals surface area contributed by atoms with Crippen LogP contribution in [0, 0.1) is 0 Å². The summed E-state index contributed by atoms with van der Waals surface area (Å²) in [6.07, 6.45) is 1.10. The Hall–Kier alpha value is -4.04. The molecule has 1 N–H and O–H groups in total. The molecule has 0 radical (unpaired) electrons. The van der Waals surface area contributed by atoms with Crippen molar-refractivity contribution in [2.45, 2.75) is 38.2 Å². The number of thiophene rings is 1. The van der Waals surface area contributed by atoms with Crippen LogP contribution in [0.4, 0.5) is 0 Å². The molecule has 1 aromatic heterocycles. The fourth-order valence-electron chi connectivity index (χ4n) is 5.41. The number of methoxy groups -OCH3 is 1. The van der Waals surface area contributed by atoms with Crippen molar-refractivity contribution in [3.8, 4) is 17.2 Å². The summed E-state index contributed by atoms with van der Waals surface area (Å²) in [5, 5.41) is 5.44. The standard InChI is InChI=1S/C30H27NO6S/c1-17-27(30(33)35-15-18-5-8-21(34-2)9-6-18)28(19-7-10-24-25(14-19)37-16-36-24)29-22(31-17)12-20(13-23(29)32)26-4-3-11-38-26/h3-11,14,20,28,31H,12-13,15-16H2,1-2H3/t20-,28-/m0/s1. The first-order chi connectivity index (χ1) is 18.5. The summed E-state index contributed by atoms with van der Waals surface area (Å²) in [6, 6.07) is 17.1. The number of Topliss-reactive ketones (excluding diaryl/α,β-unsaturated/α-hetero) is 1. The third kappa shape index (κ3) is 4.45. The minimum Gasteiger partial charge on any atom is -0.497 e. The van der Waals surface area contributed by atoms with E-state index in [-0.39, 0.29) is 25.1 Å². The summed E-state index contributed by atoms with van der Waals surface area (Å²) < 4.78 is 22.1. The summed E-state index contributed by atoms with van der Waals surface area (Å²) >= 11 is 1.67. The number of benzene rings is 2. The maximum atomic E-state index is 13.7. The highest BCUT2D eigenvalue weighted by atomic mass is 32.1. The number of hydrogen-bond acceptors (Lipinski definition) is 8. The fraction of sp³-hybridized carbons (Fsp3) is 0.267. The van der Waals surface area contributed by atoms with E-state index in [1.165, 1.54) is 4.88 Å². The Balaban J connectivity index is 1.35. The minimum atomic E-state index is -0.569. The molecule has 2 atom stereocenters. The number of dihydropyridines is 1. The van der Waals surface area contributed by atoms with Crippen LogP contribution in [-0.2, 0) is 20.9 Å². The van der Waals surface area contributed by atoms with Crippen LogP contribution in [0.25, 0.3) is 0 Å². The smallest absolute Gasteiger partial charge is 0.337 e. The molecular formula is C30H27NO6S. The van der Waals surface area contributed by atoms with Crippen LogP contribution in [0.2, 0.25) is 0 Å². The monoisotopic (exact) mass is 529 g/mol. The molecule has 0 saturated carbocycles. The van der Waals surface area contributed by atoms with Crippen LogP contribution < -0.4 is 19.5 Å². The zero-order valence-corrected chi connectivity index (χ0v) is 21.9. The summed E-state index contributed by atoms with van der Waals surface area (Å²) in [4.78, 5) is 28.5. The van der Waals surface area contributed by atoms with Gasteiger partial charge in [-0.3, -0.25) is 4.79 Å². The second-order valence-corrected chi connectivity index (χ2v) is 10.5. The number of nitrogens with one attached hydrogen (secondary N) is 1. The predicted octanol–water partition coefficient (Wildman–Crippen LogP) is 5.59. The first kappa shape index (κ1) is 24.3. The lowest BCUT2D eigenvalue weighted by molar-refractivity contribution is -0.140. The van der Waals surface area contributed by atoms with Crippen molar-refractivity contribution in [1.82, 2.24) is 5.32 Å². The Labute approximate surface area is 224 Å². The molecule has 2 aromatic carbocycles. The van der Waals surface area contributed by atoms with Gasteiger partial charge < -0.3 is 24.3 Å². The molecule has 2 aliphatic heterocycles. The SMILES string of the molecule is COc1ccc(COC(=O)C2=C(C)NC3=C(C(=O)C[C@@H](c4cccs4)C3)[C@H]2c2ccc3c(c2)OCO3)cc1. The lowest BCUT2D eigenvalue weighted by atomic mass is 9.72. The third-order valence-corrected chi connectivity index (χ3v) is 8.29. The highest BCUT2D eigenvalue weighted by molar-refractivity contribution is 7.10. The van der Waals surface area contributed by atoms with Gasteiger partial charge in [-0.2, -0.15) is 0 Å². The van der Waals surface area contributed by atoms with Crippen molar-refractivity contribution in [2.24, 2.45) is 0 Å². The van der Waals surface area contributed by atoms with E-state index in [0.717, 1.165) is 22.6 Å². The van der Waals surface area contributed by atoms with Crippen LogP contribution in [-0.4, -0.2) is 25.7 Å². The molecule has 0 unspecified atom stereocenters. The predicted molar refractivity (Wildman–Crippen MR) is 142 cm³/mol. The second-order valence-electron chi connectivity index (χ2n) is 9.57. The number of allylic oxidation sites excluding steroid dienone is 3. The van der Waals surface area contributed by atoms with Crippen molar-refractivity contribution in [1.29, 1.82) is 0 Å². The van der Waals surface area contributed by atoms with Gasteiger partial charge in [0, 0.05) is 40.1 Å². The number of esters is 1. The molecule has 0 bridgehead atoms. The number of carbonyl (C=O) groups is 2. The largest absolute Gasteiger partial charge is 0.497 e. The van der Waals surface area contributed by atoms with E-state index < -0.39 is 11.9 Å². The van der Waals surface area contributed by atoms with Crippen LogP contribution in [0.5, 0.6) is 17.2 Å². The summed E-state index contributed by atoms with van der Waals surface area (Å²) in [7, 11) is 1.61. The van der Waals surface area contributed by atoms with Gasteiger partial charge in [0.05, 0.1) is 12.7 Å². The Morgan fingerprint density at radius 1 is 1.08 bits per heavy atom. The maximum absolute atomic E-state index is 13.7. The highest BCUT2D eigenvalue weighted by Gasteiger charge is 2.42. The van der Waals surface area contributed by atoms with Gasteiger partial charge in [0.1, 0.15) is 12.4 Å². The summed E-state index contributed by atoms with van der Waals surface area (Å²) in [6.45, 7) is 2.12. The summed E-state index contributed by atoms with van der Waals surface area (Å²) in [5.74, 6) is 1.10. The molecule has 6 rings (SSSR count). The average molecular weight is 530 g/mol. The number of carbonyl (C=O) groups excluding carboxylic acids is 2. The molecule has 0 fully saturated rings. The molecule has 3 aliphatic rings. The highest BCUT2D eigenvalue weighted by Crippen LogP contribution is 2.48. The van der Waals surface area contributed by atoms with Gasteiger partial charge in [-0.1, -0.05) is 24.3 Å². The zero-order chi connectivity index (χ0) is 26.2. The third-order valence-electron chi connectivity index (χ3n) is 7.25. The molecule has 0 saturated heterocycles. The molecule has 3 heterocycles. The van der Waals surface area contributed by atoms with E-state index in [4.69, 9.17) is 18.9 Å². The number of ketones is 1. The van der Waals surface area contributed by atoms with E-state index in [2.05, 4.69) is 11.4 Å². The Bertz CT molecular complexity index is 1450. The van der Waals surface area contributed by atoms with Gasteiger partial charge in [0.2, 0.25) is 6.79 Å². The molecule has 194 valence electrons. The van der Waals surface area contributed by atoms with Crippen LogP contribution >= 0.6 is 11.3 Å². The topological polar surface area (TPSA) is 83.1 Å². The number of hydrogen-bond donors (Lipinski definition) is 1. The summed E-state index contributed by atoms with van der Waals surface area (Å²) in [5.41, 5.74) is 4.24. The fourth-order valence-corrected chi connectivity index (χ4v) is 6.24. The van der Waals surface area contributed by atoms with E-state index in [1.54, 1.807) is 18.4 Å². The molecule has 8 heteroatoms. The van der Waals surface area contributed by atoms with Crippen molar-refractivity contribution < 1.29 is 28.5 Å². The number of fused-ring (bicyclic) bond motifs is 1. The molecule has 7 nitrogen and oxygen atoms in total. The Morgan fingerprint density at radius 3 is 2.66 bits per heavy atom. The van der Waals surface area contributed by atoms with Gasteiger partial charge in [-0.25, -0.2) is 4.79 Å². The van der Waals surface area contributed by atoms with Crippen molar-refractivity contribution in [3.05, 3.63) is 98.5 Å². The first-order valence-corrected chi connectivity index (χ1v) is 13.4. The molecule has 0 amide bonds. The van der Waals surface area contributed by atoms with Gasteiger partial charge in [-0.05, 0) is 60.2 Å². The van der Waals surface area contributed by atoms with Gasteiger partial charge in [0.15, 0.2) is 17.3 Å². The van der Waals surface area contributed by atoms with Crippen molar-refractivity contribution >= 4 is 23.1 Å². The van der Waals surface area contributed by atoms with Crippen molar-refractivity contribution in [2.75, 3.05) is 13.9 Å². The Kier molecular flexibility index (Phi) is 6.41. The molecule has 3 aromatic rings. The van der Waals surface area contributed by atoms with Gasteiger partial charge in [-0.15, -0.1) is 11.3 Å². The van der Waals surface area contributed by atoms with E-state index in [0.29, 0.717) is 41.2 Å². The molecule has 0 spiro atoms. The number of ether oxygens (including phenoxy) is 4. The molecular weight excluding hydrogens is 502 g/mol. The van der Waals surface area contributed by atoms with E-state index >= 15 is 0 Å². The normalized spacial score (nSPS) is 20.2. The van der Waals surface area contributed by atoms with Gasteiger partial charge >= 0.3 is 5.97 Å². The first-order valence-electron chi connectivity index (χ1n) is 12.5. The molecule has 1 aliphatic carbocycles. The zero-order valence-electron chi connectivity index (χ0n) is 21.1. The maximum Gasteiger partial charge on any atom is 0.337 e. The van der Waals surface area contributed by atoms with E-state index in [9.17, 15) is 9.59 Å². The van der Waals surface area contributed by atoms with Crippen LogP contribution in [0.15, 0.2) is 82.5 Å². The molecule has 38 heavy (non-hydrogen) atoms. The average Bonchev–Trinajstić information content (AvgIpc) is 3.63. The van der Waals surface area contributed by atoms with Crippen molar-refractivity contribution in [3.63, 3.8) is 0 Å². The van der Waals surface area contributed by atoms with Gasteiger partial charge in [0.25, 0.3) is 0 Å².